The van der Waals surface area contributed by atoms with E-state index in [9.17, 15) is 13.6 Å². The number of nitrogens with one attached hydrogen (secondary N) is 1. The third kappa shape index (κ3) is 3.15. The summed E-state index contributed by atoms with van der Waals surface area (Å²) >= 11 is 0. The van der Waals surface area contributed by atoms with E-state index in [1.165, 1.54) is 6.07 Å². The van der Waals surface area contributed by atoms with E-state index in [4.69, 9.17) is 0 Å². The van der Waals surface area contributed by atoms with Crippen LogP contribution in [0, 0.1) is 0 Å². The first kappa shape index (κ1) is 15.7. The number of nitrogens with zero attached hydrogens (tertiary/aromatic N) is 1. The maximum absolute atomic E-state index is 12.5. The number of alkyl halides is 2. The molecule has 1 fully saturated rings. The van der Waals surface area contributed by atoms with Crippen LogP contribution in [0.4, 0.5) is 8.78 Å². The number of halogens is 2. The van der Waals surface area contributed by atoms with Gasteiger partial charge in [0.25, 0.3) is 0 Å². The first-order valence-corrected chi connectivity index (χ1v) is 7.07. The van der Waals surface area contributed by atoms with Crippen LogP contribution in [0.2, 0.25) is 0 Å². The number of ether oxygens (including phenoxy) is 1. The van der Waals surface area contributed by atoms with Crippen molar-refractivity contribution in [3.05, 3.63) is 29.8 Å². The normalized spacial score (nSPS) is 23.7. The van der Waals surface area contributed by atoms with Gasteiger partial charge in [0.2, 0.25) is 5.91 Å². The Morgan fingerprint density at radius 3 is 2.67 bits per heavy atom. The van der Waals surface area contributed by atoms with Crippen molar-refractivity contribution in [2.75, 3.05) is 0 Å². The van der Waals surface area contributed by atoms with Gasteiger partial charge in [0.15, 0.2) is 0 Å². The maximum atomic E-state index is 12.5. The van der Waals surface area contributed by atoms with E-state index in [0.29, 0.717) is 5.56 Å². The minimum Gasteiger partial charge on any atom is -0.434 e. The summed E-state index contributed by atoms with van der Waals surface area (Å²) in [7, 11) is 0. The number of benzene rings is 1. The van der Waals surface area contributed by atoms with Gasteiger partial charge in [-0.2, -0.15) is 8.78 Å². The fourth-order valence-electron chi connectivity index (χ4n) is 2.56. The minimum atomic E-state index is -2.89. The molecule has 1 saturated heterocycles. The Morgan fingerprint density at radius 2 is 2.05 bits per heavy atom. The Kier molecular flexibility index (Phi) is 4.77. The highest BCUT2D eigenvalue weighted by Crippen LogP contribution is 2.34. The van der Waals surface area contributed by atoms with Gasteiger partial charge in [0.1, 0.15) is 11.9 Å². The van der Waals surface area contributed by atoms with Crippen molar-refractivity contribution in [2.45, 2.75) is 52.1 Å². The summed E-state index contributed by atoms with van der Waals surface area (Å²) in [6.45, 7) is 2.81. The van der Waals surface area contributed by atoms with Crippen molar-refractivity contribution in [3.8, 4) is 5.75 Å². The molecule has 6 heteroatoms. The van der Waals surface area contributed by atoms with Crippen LogP contribution in [-0.2, 0) is 4.79 Å². The molecule has 0 radical (unpaired) electrons. The lowest BCUT2D eigenvalue weighted by Crippen LogP contribution is -2.38. The van der Waals surface area contributed by atoms with Gasteiger partial charge in [0, 0.05) is 11.6 Å². The number of rotatable bonds is 5. The average Bonchev–Trinajstić information content (AvgIpc) is 2.74. The van der Waals surface area contributed by atoms with E-state index in [0.717, 1.165) is 6.42 Å². The molecule has 0 saturated carbocycles. The maximum Gasteiger partial charge on any atom is 0.387 e. The van der Waals surface area contributed by atoms with Crippen molar-refractivity contribution in [1.29, 1.82) is 0 Å². The van der Waals surface area contributed by atoms with E-state index in [-0.39, 0.29) is 23.7 Å². The summed E-state index contributed by atoms with van der Waals surface area (Å²) < 4.78 is 29.7. The first-order valence-electron chi connectivity index (χ1n) is 7.07. The largest absolute Gasteiger partial charge is 0.434 e. The monoisotopic (exact) mass is 298 g/mol. The lowest BCUT2D eigenvalue weighted by atomic mass is 10.1. The molecule has 4 nitrogen and oxygen atoms in total. The fraction of sp³-hybridized carbons (Fsp3) is 0.533. The number of carbonyl (C=O) groups is 1. The van der Waals surface area contributed by atoms with Crippen LogP contribution in [0.1, 0.15) is 38.9 Å². The molecule has 1 aliphatic heterocycles. The first-order chi connectivity index (χ1) is 9.95. The molecule has 1 heterocycles. The summed E-state index contributed by atoms with van der Waals surface area (Å²) in [5, 5.41) is 3.15. The van der Waals surface area contributed by atoms with Crippen LogP contribution in [0.15, 0.2) is 24.3 Å². The van der Waals surface area contributed by atoms with Gasteiger partial charge in [-0.05, 0) is 26.3 Å². The zero-order valence-electron chi connectivity index (χ0n) is 12.3. The molecule has 3 unspecified atom stereocenters. The predicted molar refractivity (Wildman–Crippen MR) is 75.0 cm³/mol. The summed E-state index contributed by atoms with van der Waals surface area (Å²) in [6.07, 6.45) is 0.339. The molecule has 0 spiro atoms. The second-order valence-corrected chi connectivity index (χ2v) is 5.21. The quantitative estimate of drug-likeness (QED) is 0.909. The molecule has 1 aliphatic rings. The SMILES string of the molecule is CCC(C)N1C(=O)C(C)NC1c1ccccc1OC(F)F. The molecule has 1 aromatic rings. The van der Waals surface area contributed by atoms with E-state index in [2.05, 4.69) is 10.1 Å². The molecule has 116 valence electrons. The van der Waals surface area contributed by atoms with Gasteiger partial charge in [0.05, 0.1) is 6.04 Å². The highest BCUT2D eigenvalue weighted by molar-refractivity contribution is 5.84. The molecule has 1 aromatic carbocycles. The lowest BCUT2D eigenvalue weighted by Gasteiger charge is -2.30. The van der Waals surface area contributed by atoms with Crippen LogP contribution in [0.5, 0.6) is 5.75 Å². The zero-order chi connectivity index (χ0) is 15.6. The third-order valence-corrected chi connectivity index (χ3v) is 3.81. The second-order valence-electron chi connectivity index (χ2n) is 5.21. The van der Waals surface area contributed by atoms with Gasteiger partial charge in [-0.3, -0.25) is 10.1 Å². The van der Waals surface area contributed by atoms with E-state index in [1.807, 2.05) is 13.8 Å². The van der Waals surface area contributed by atoms with Gasteiger partial charge in [-0.25, -0.2) is 0 Å². The Hall–Kier alpha value is -1.69. The minimum absolute atomic E-state index is 0.0135. The fourth-order valence-corrected chi connectivity index (χ4v) is 2.56. The standard InChI is InChI=1S/C15H20F2N2O2/c1-4-9(2)19-13(18-10(3)14(19)20)11-7-5-6-8-12(11)21-15(16)17/h5-10,13,15,18H,4H2,1-3H3. The molecular weight excluding hydrogens is 278 g/mol. The van der Waals surface area contributed by atoms with E-state index >= 15 is 0 Å². The predicted octanol–water partition coefficient (Wildman–Crippen LogP) is 2.91. The third-order valence-electron chi connectivity index (χ3n) is 3.81. The van der Waals surface area contributed by atoms with Crippen LogP contribution >= 0.6 is 0 Å². The molecule has 2 rings (SSSR count). The highest BCUT2D eigenvalue weighted by Gasteiger charge is 2.40. The Bertz CT molecular complexity index is 510. The summed E-state index contributed by atoms with van der Waals surface area (Å²) in [4.78, 5) is 14.0. The number of carbonyl (C=O) groups excluding carboxylic acids is 1. The van der Waals surface area contributed by atoms with Gasteiger partial charge < -0.3 is 9.64 Å². The van der Waals surface area contributed by atoms with Crippen LogP contribution in [0.3, 0.4) is 0 Å². The van der Waals surface area contributed by atoms with Crippen LogP contribution < -0.4 is 10.1 Å². The molecule has 21 heavy (non-hydrogen) atoms. The molecular formula is C15H20F2N2O2. The Morgan fingerprint density at radius 1 is 1.38 bits per heavy atom. The number of hydrogen-bond acceptors (Lipinski definition) is 3. The van der Waals surface area contributed by atoms with Crippen molar-refractivity contribution in [1.82, 2.24) is 10.2 Å². The smallest absolute Gasteiger partial charge is 0.387 e. The summed E-state index contributed by atoms with van der Waals surface area (Å²) in [5.74, 6) is 0.0707. The molecule has 1 amide bonds. The van der Waals surface area contributed by atoms with Crippen LogP contribution in [0.25, 0.3) is 0 Å². The van der Waals surface area contributed by atoms with Crippen molar-refractivity contribution in [2.24, 2.45) is 0 Å². The van der Waals surface area contributed by atoms with E-state index in [1.54, 1.807) is 30.0 Å². The molecule has 0 bridgehead atoms. The number of hydrogen-bond donors (Lipinski definition) is 1. The number of para-hydroxylation sites is 1. The van der Waals surface area contributed by atoms with Gasteiger partial charge >= 0.3 is 6.61 Å². The van der Waals surface area contributed by atoms with Crippen molar-refractivity contribution in [3.63, 3.8) is 0 Å². The van der Waals surface area contributed by atoms with Crippen molar-refractivity contribution >= 4 is 5.91 Å². The molecule has 0 aliphatic carbocycles. The van der Waals surface area contributed by atoms with E-state index < -0.39 is 12.8 Å². The second kappa shape index (κ2) is 6.39. The Labute approximate surface area is 123 Å². The topological polar surface area (TPSA) is 41.6 Å². The molecule has 0 aromatic heterocycles. The summed E-state index contributed by atoms with van der Waals surface area (Å²) in [6, 6.07) is 6.25. The molecule has 3 atom stereocenters. The highest BCUT2D eigenvalue weighted by atomic mass is 19.3. The average molecular weight is 298 g/mol. The van der Waals surface area contributed by atoms with Gasteiger partial charge in [-0.1, -0.05) is 25.1 Å². The van der Waals surface area contributed by atoms with Crippen molar-refractivity contribution < 1.29 is 18.3 Å². The van der Waals surface area contributed by atoms with Gasteiger partial charge in [-0.15, -0.1) is 0 Å². The summed E-state index contributed by atoms with van der Waals surface area (Å²) in [5.41, 5.74) is 0.552. The van der Waals surface area contributed by atoms with Crippen LogP contribution in [-0.4, -0.2) is 29.5 Å². The Balaban J connectivity index is 2.37. The zero-order valence-corrected chi connectivity index (χ0v) is 12.3. The number of amides is 1. The lowest BCUT2D eigenvalue weighted by molar-refractivity contribution is -0.131. The molecule has 1 N–H and O–H groups in total.